The van der Waals surface area contributed by atoms with Gasteiger partial charge in [-0.3, -0.25) is 9.78 Å². The fraction of sp³-hybridized carbons (Fsp3) is 0.250. The number of pyridine rings is 1. The summed E-state index contributed by atoms with van der Waals surface area (Å²) in [7, 11) is 0. The monoisotopic (exact) mass is 288 g/mol. The number of hydrogen-bond donors (Lipinski definition) is 1. The van der Waals surface area contributed by atoms with Crippen LogP contribution in [-0.2, 0) is 9.53 Å². The van der Waals surface area contributed by atoms with E-state index in [2.05, 4.69) is 10.3 Å². The predicted molar refractivity (Wildman–Crippen MR) is 77.1 cm³/mol. The number of ether oxygens (including phenoxy) is 1. The number of amides is 1. The van der Waals surface area contributed by atoms with E-state index in [1.165, 1.54) is 12.1 Å². The molecular weight excluding hydrogens is 271 g/mol. The minimum absolute atomic E-state index is 0.000716. The highest BCUT2D eigenvalue weighted by Crippen LogP contribution is 2.21. The van der Waals surface area contributed by atoms with Gasteiger partial charge in [-0.25, -0.2) is 4.39 Å². The van der Waals surface area contributed by atoms with E-state index in [1.807, 2.05) is 19.1 Å². The molecule has 0 radical (unpaired) electrons. The van der Waals surface area contributed by atoms with Gasteiger partial charge in [0.05, 0.1) is 6.04 Å². The Hall–Kier alpha value is -2.27. The number of carbonyl (C=O) groups is 1. The van der Waals surface area contributed by atoms with E-state index < -0.39 is 0 Å². The van der Waals surface area contributed by atoms with E-state index >= 15 is 0 Å². The fourth-order valence-electron chi connectivity index (χ4n) is 1.97. The van der Waals surface area contributed by atoms with Crippen molar-refractivity contribution in [2.75, 3.05) is 13.2 Å². The first-order valence-corrected chi connectivity index (χ1v) is 6.73. The molecule has 0 saturated heterocycles. The lowest BCUT2D eigenvalue weighted by atomic mass is 9.99. The molecule has 0 aliphatic rings. The zero-order valence-corrected chi connectivity index (χ0v) is 11.8. The van der Waals surface area contributed by atoms with Crippen LogP contribution in [0.3, 0.4) is 0 Å². The van der Waals surface area contributed by atoms with Gasteiger partial charge in [0.25, 0.3) is 0 Å². The number of halogens is 1. The molecule has 1 N–H and O–H groups in total. The summed E-state index contributed by atoms with van der Waals surface area (Å²) in [5, 5.41) is 2.89. The van der Waals surface area contributed by atoms with Crippen LogP contribution in [0.5, 0.6) is 0 Å². The van der Waals surface area contributed by atoms with Gasteiger partial charge >= 0.3 is 0 Å². The van der Waals surface area contributed by atoms with Gasteiger partial charge in [0.15, 0.2) is 0 Å². The molecule has 0 aliphatic heterocycles. The topological polar surface area (TPSA) is 51.2 Å². The maximum Gasteiger partial charge on any atom is 0.246 e. The van der Waals surface area contributed by atoms with Crippen LogP contribution in [0.4, 0.5) is 4.39 Å². The average Bonchev–Trinajstić information content (AvgIpc) is 2.52. The Morgan fingerprint density at radius 1 is 1.19 bits per heavy atom. The Bertz CT molecular complexity index is 573. The zero-order chi connectivity index (χ0) is 15.1. The number of benzene rings is 1. The van der Waals surface area contributed by atoms with E-state index in [0.717, 1.165) is 11.1 Å². The molecule has 0 bridgehead atoms. The number of nitrogens with zero attached hydrogens (tertiary/aromatic N) is 1. The molecule has 1 heterocycles. The highest BCUT2D eigenvalue weighted by atomic mass is 19.1. The van der Waals surface area contributed by atoms with Crippen LogP contribution in [0.1, 0.15) is 24.1 Å². The molecule has 1 atom stereocenters. The van der Waals surface area contributed by atoms with Crippen molar-refractivity contribution in [3.05, 3.63) is 65.7 Å². The Balaban J connectivity index is 2.22. The molecule has 0 spiro atoms. The number of nitrogens with one attached hydrogen (secondary N) is 1. The second-order valence-corrected chi connectivity index (χ2v) is 4.47. The summed E-state index contributed by atoms with van der Waals surface area (Å²) in [6, 6.07) is 9.32. The molecule has 2 rings (SSSR count). The van der Waals surface area contributed by atoms with Crippen LogP contribution in [-0.4, -0.2) is 24.1 Å². The van der Waals surface area contributed by atoms with E-state index in [-0.39, 0.29) is 24.4 Å². The average molecular weight is 288 g/mol. The molecular formula is C16H17FN2O2. The second-order valence-electron chi connectivity index (χ2n) is 4.47. The lowest BCUT2D eigenvalue weighted by Gasteiger charge is -2.19. The van der Waals surface area contributed by atoms with E-state index in [0.29, 0.717) is 6.61 Å². The standard InChI is InChI=1S/C16H17FN2O2/c1-2-21-11-15(20)19-16(13-7-9-18-10-8-13)12-3-5-14(17)6-4-12/h3-10,16H,2,11H2,1H3,(H,19,20). The lowest BCUT2D eigenvalue weighted by molar-refractivity contribution is -0.126. The first-order valence-electron chi connectivity index (χ1n) is 6.73. The van der Waals surface area contributed by atoms with Crippen molar-refractivity contribution in [2.45, 2.75) is 13.0 Å². The normalized spacial score (nSPS) is 11.9. The van der Waals surface area contributed by atoms with Gasteiger partial charge in [0.2, 0.25) is 5.91 Å². The smallest absolute Gasteiger partial charge is 0.246 e. The number of carbonyl (C=O) groups excluding carboxylic acids is 1. The summed E-state index contributed by atoms with van der Waals surface area (Å²) in [5.41, 5.74) is 1.67. The predicted octanol–water partition coefficient (Wildman–Crippen LogP) is 2.46. The van der Waals surface area contributed by atoms with Crippen LogP contribution in [0.25, 0.3) is 0 Å². The highest BCUT2D eigenvalue weighted by molar-refractivity contribution is 5.78. The summed E-state index contributed by atoms with van der Waals surface area (Å²) in [4.78, 5) is 15.9. The van der Waals surface area contributed by atoms with Gasteiger partial charge in [-0.1, -0.05) is 12.1 Å². The quantitative estimate of drug-likeness (QED) is 0.888. The van der Waals surface area contributed by atoms with Gasteiger partial charge < -0.3 is 10.1 Å². The van der Waals surface area contributed by atoms with Crippen LogP contribution >= 0.6 is 0 Å². The molecule has 2 aromatic rings. The minimum Gasteiger partial charge on any atom is -0.372 e. The van der Waals surface area contributed by atoms with Gasteiger partial charge in [-0.15, -0.1) is 0 Å². The number of rotatable bonds is 6. The first kappa shape index (κ1) is 15.1. The highest BCUT2D eigenvalue weighted by Gasteiger charge is 2.16. The number of aromatic nitrogens is 1. The fourth-order valence-corrected chi connectivity index (χ4v) is 1.97. The molecule has 0 fully saturated rings. The third-order valence-electron chi connectivity index (χ3n) is 2.99. The minimum atomic E-state index is -0.360. The van der Waals surface area contributed by atoms with Crippen LogP contribution in [0.2, 0.25) is 0 Å². The lowest BCUT2D eigenvalue weighted by Crippen LogP contribution is -2.32. The maximum absolute atomic E-state index is 13.1. The Labute approximate surface area is 123 Å². The molecule has 4 nitrogen and oxygen atoms in total. The molecule has 1 aromatic carbocycles. The third kappa shape index (κ3) is 4.36. The van der Waals surface area contributed by atoms with Crippen molar-refractivity contribution in [1.82, 2.24) is 10.3 Å². The van der Waals surface area contributed by atoms with Crippen molar-refractivity contribution in [3.8, 4) is 0 Å². The molecule has 5 heteroatoms. The molecule has 1 unspecified atom stereocenters. The van der Waals surface area contributed by atoms with E-state index in [4.69, 9.17) is 4.74 Å². The first-order chi connectivity index (χ1) is 10.2. The van der Waals surface area contributed by atoms with Gasteiger partial charge in [0, 0.05) is 19.0 Å². The van der Waals surface area contributed by atoms with Crippen molar-refractivity contribution in [1.29, 1.82) is 0 Å². The van der Waals surface area contributed by atoms with Gasteiger partial charge in [0.1, 0.15) is 12.4 Å². The van der Waals surface area contributed by atoms with Crippen LogP contribution in [0, 0.1) is 5.82 Å². The molecule has 0 saturated carbocycles. The molecule has 0 aliphatic carbocycles. The van der Waals surface area contributed by atoms with Crippen LogP contribution < -0.4 is 5.32 Å². The Kier molecular flexibility index (Phi) is 5.40. The van der Waals surface area contributed by atoms with Gasteiger partial charge in [-0.05, 0) is 42.3 Å². The zero-order valence-electron chi connectivity index (χ0n) is 11.8. The van der Waals surface area contributed by atoms with E-state index in [9.17, 15) is 9.18 Å². The molecule has 110 valence electrons. The summed E-state index contributed by atoms with van der Waals surface area (Å²) < 4.78 is 18.2. The summed E-state index contributed by atoms with van der Waals surface area (Å²) in [6.45, 7) is 2.30. The van der Waals surface area contributed by atoms with Crippen molar-refractivity contribution in [3.63, 3.8) is 0 Å². The van der Waals surface area contributed by atoms with Crippen molar-refractivity contribution < 1.29 is 13.9 Å². The molecule has 1 aromatic heterocycles. The summed E-state index contributed by atoms with van der Waals surface area (Å²) in [5.74, 6) is -0.532. The van der Waals surface area contributed by atoms with Crippen LogP contribution in [0.15, 0.2) is 48.8 Å². The Morgan fingerprint density at radius 3 is 2.43 bits per heavy atom. The van der Waals surface area contributed by atoms with Gasteiger partial charge in [-0.2, -0.15) is 0 Å². The number of hydrogen-bond acceptors (Lipinski definition) is 3. The van der Waals surface area contributed by atoms with E-state index in [1.54, 1.807) is 24.5 Å². The summed E-state index contributed by atoms with van der Waals surface area (Å²) in [6.07, 6.45) is 3.31. The maximum atomic E-state index is 13.1. The molecule has 21 heavy (non-hydrogen) atoms. The largest absolute Gasteiger partial charge is 0.372 e. The molecule has 1 amide bonds. The van der Waals surface area contributed by atoms with Crippen molar-refractivity contribution >= 4 is 5.91 Å². The summed E-state index contributed by atoms with van der Waals surface area (Å²) >= 11 is 0. The van der Waals surface area contributed by atoms with Crippen molar-refractivity contribution in [2.24, 2.45) is 0 Å². The Morgan fingerprint density at radius 2 is 1.81 bits per heavy atom. The second kappa shape index (κ2) is 7.50. The third-order valence-corrected chi connectivity index (χ3v) is 2.99. The SMILES string of the molecule is CCOCC(=O)NC(c1ccncc1)c1ccc(F)cc1.